The van der Waals surface area contributed by atoms with Crippen LogP contribution in [0.3, 0.4) is 0 Å². The molecule has 2 aromatic rings. The summed E-state index contributed by atoms with van der Waals surface area (Å²) in [5.41, 5.74) is 0.582. The molecule has 1 aromatic carbocycles. The third-order valence-electron chi connectivity index (χ3n) is 6.04. The molecule has 1 aromatic heterocycles. The number of nitriles is 1. The Morgan fingerprint density at radius 1 is 1.18 bits per heavy atom. The molecular formula is C26H31N5O7S. The topological polar surface area (TPSA) is 159 Å². The second-order valence-corrected chi connectivity index (χ2v) is 10.8. The lowest BCUT2D eigenvalue weighted by Gasteiger charge is -2.32. The van der Waals surface area contributed by atoms with Crippen LogP contribution in [0.25, 0.3) is 0 Å². The number of nitrogens with zero attached hydrogens (tertiary/aromatic N) is 4. The Morgan fingerprint density at radius 3 is 2.44 bits per heavy atom. The predicted octanol–water partition coefficient (Wildman–Crippen LogP) is 1.46. The van der Waals surface area contributed by atoms with E-state index in [1.165, 1.54) is 11.0 Å². The number of ether oxygens (including phenoxy) is 2. The molecule has 2 amide bonds. The number of rotatable bonds is 10. The number of amides is 2. The molecule has 1 fully saturated rings. The number of aromatic nitrogens is 1. The SMILES string of the molecule is CCOC(=O)c1cc(C#N)c(N2CCC(C(=O)NS(=O)(=O)Cc3ccccc3)CC2)nc1OCC(=O)N(C)C. The van der Waals surface area contributed by atoms with E-state index in [0.29, 0.717) is 31.5 Å². The van der Waals surface area contributed by atoms with Crippen molar-refractivity contribution >= 4 is 33.6 Å². The largest absolute Gasteiger partial charge is 0.467 e. The van der Waals surface area contributed by atoms with Crippen LogP contribution in [0.4, 0.5) is 5.82 Å². The molecule has 0 saturated carbocycles. The Bertz CT molecular complexity index is 1350. The van der Waals surface area contributed by atoms with Gasteiger partial charge in [0.05, 0.1) is 17.9 Å². The summed E-state index contributed by atoms with van der Waals surface area (Å²) in [5.74, 6) is -2.45. The molecule has 0 radical (unpaired) electrons. The molecule has 1 aliphatic heterocycles. The quantitative estimate of drug-likeness (QED) is 0.424. The number of sulfonamides is 1. The number of carbonyl (C=O) groups excluding carboxylic acids is 3. The molecule has 0 spiro atoms. The zero-order valence-electron chi connectivity index (χ0n) is 22.0. The van der Waals surface area contributed by atoms with E-state index in [1.54, 1.807) is 56.3 Å². The van der Waals surface area contributed by atoms with E-state index in [2.05, 4.69) is 9.71 Å². The maximum absolute atomic E-state index is 12.7. The lowest BCUT2D eigenvalue weighted by atomic mass is 9.96. The van der Waals surface area contributed by atoms with Crippen LogP contribution in [0.15, 0.2) is 36.4 Å². The Morgan fingerprint density at radius 2 is 1.85 bits per heavy atom. The van der Waals surface area contributed by atoms with E-state index in [4.69, 9.17) is 9.47 Å². The summed E-state index contributed by atoms with van der Waals surface area (Å²) in [4.78, 5) is 44.7. The van der Waals surface area contributed by atoms with Crippen molar-refractivity contribution in [1.82, 2.24) is 14.6 Å². The maximum Gasteiger partial charge on any atom is 0.343 e. The molecule has 0 atom stereocenters. The van der Waals surface area contributed by atoms with Gasteiger partial charge in [-0.05, 0) is 31.4 Å². The number of nitrogens with one attached hydrogen (secondary N) is 1. The number of likely N-dealkylation sites (N-methyl/N-ethyl adjacent to an activating group) is 1. The number of benzene rings is 1. The summed E-state index contributed by atoms with van der Waals surface area (Å²) in [6.45, 7) is 1.95. The van der Waals surface area contributed by atoms with Gasteiger partial charge < -0.3 is 19.3 Å². The second kappa shape index (κ2) is 13.1. The minimum atomic E-state index is -3.86. The normalized spacial score (nSPS) is 13.7. The summed E-state index contributed by atoms with van der Waals surface area (Å²) in [6.07, 6.45) is 0.627. The van der Waals surface area contributed by atoms with Crippen molar-refractivity contribution in [2.75, 3.05) is 45.3 Å². The molecule has 12 nitrogen and oxygen atoms in total. The van der Waals surface area contributed by atoms with Crippen LogP contribution in [0.5, 0.6) is 5.88 Å². The standard InChI is InChI=1S/C26H31N5O7S/c1-4-37-26(34)21-14-20(15-27)23(28-25(21)38-16-22(32)30(2)3)31-12-10-19(11-13-31)24(33)29-39(35,36)17-18-8-6-5-7-9-18/h5-9,14,19H,4,10-13,16-17H2,1-3H3,(H,29,33). The first-order valence-corrected chi connectivity index (χ1v) is 14.0. The van der Waals surface area contributed by atoms with Crippen molar-refractivity contribution in [2.24, 2.45) is 5.92 Å². The van der Waals surface area contributed by atoms with Crippen LogP contribution in [0, 0.1) is 17.2 Å². The van der Waals surface area contributed by atoms with Crippen molar-refractivity contribution < 1.29 is 32.3 Å². The Kier molecular flexibility index (Phi) is 9.84. The number of pyridine rings is 1. The Labute approximate surface area is 227 Å². The fourth-order valence-corrected chi connectivity index (χ4v) is 5.13. The first-order valence-electron chi connectivity index (χ1n) is 12.3. The van der Waals surface area contributed by atoms with Crippen molar-refractivity contribution in [3.8, 4) is 11.9 Å². The van der Waals surface area contributed by atoms with Gasteiger partial charge in [0, 0.05) is 33.1 Å². The highest BCUT2D eigenvalue weighted by Gasteiger charge is 2.30. The summed E-state index contributed by atoms with van der Waals surface area (Å²) < 4.78 is 37.7. The van der Waals surface area contributed by atoms with Gasteiger partial charge in [-0.1, -0.05) is 30.3 Å². The van der Waals surface area contributed by atoms with Crippen LogP contribution in [-0.4, -0.2) is 76.5 Å². The first kappa shape index (κ1) is 29.4. The smallest absolute Gasteiger partial charge is 0.343 e. The molecule has 1 saturated heterocycles. The van der Waals surface area contributed by atoms with E-state index < -0.39 is 27.8 Å². The Hall–Kier alpha value is -4.18. The van der Waals surface area contributed by atoms with E-state index in [-0.39, 0.29) is 47.7 Å². The lowest BCUT2D eigenvalue weighted by molar-refractivity contribution is -0.130. The average Bonchev–Trinajstić information content (AvgIpc) is 2.91. The molecule has 3 rings (SSSR count). The number of esters is 1. The van der Waals surface area contributed by atoms with Gasteiger partial charge in [0.25, 0.3) is 5.91 Å². The molecular weight excluding hydrogens is 526 g/mol. The molecule has 0 aliphatic carbocycles. The molecule has 2 heterocycles. The monoisotopic (exact) mass is 557 g/mol. The lowest BCUT2D eigenvalue weighted by Crippen LogP contribution is -2.43. The fourth-order valence-electron chi connectivity index (χ4n) is 3.95. The van der Waals surface area contributed by atoms with Crippen molar-refractivity contribution in [3.63, 3.8) is 0 Å². The third kappa shape index (κ3) is 7.90. The van der Waals surface area contributed by atoms with Gasteiger partial charge in [0.2, 0.25) is 21.8 Å². The molecule has 1 N–H and O–H groups in total. The number of anilines is 1. The summed E-state index contributed by atoms with van der Waals surface area (Å²) >= 11 is 0. The maximum atomic E-state index is 12.7. The summed E-state index contributed by atoms with van der Waals surface area (Å²) in [5, 5.41) is 9.75. The molecule has 208 valence electrons. The van der Waals surface area contributed by atoms with Gasteiger partial charge in [0.1, 0.15) is 11.6 Å². The van der Waals surface area contributed by atoms with Crippen LogP contribution in [0.2, 0.25) is 0 Å². The van der Waals surface area contributed by atoms with Gasteiger partial charge in [0.15, 0.2) is 12.4 Å². The van der Waals surface area contributed by atoms with Gasteiger partial charge in [-0.2, -0.15) is 10.2 Å². The van der Waals surface area contributed by atoms with Crippen LogP contribution in [-0.2, 0) is 30.1 Å². The average molecular weight is 558 g/mol. The highest BCUT2D eigenvalue weighted by atomic mass is 32.2. The molecule has 1 aliphatic rings. The van der Waals surface area contributed by atoms with E-state index in [9.17, 15) is 28.1 Å². The molecule has 39 heavy (non-hydrogen) atoms. The van der Waals surface area contributed by atoms with Crippen LogP contribution >= 0.6 is 0 Å². The zero-order chi connectivity index (χ0) is 28.6. The van der Waals surface area contributed by atoms with Gasteiger partial charge in [-0.25, -0.2) is 13.2 Å². The van der Waals surface area contributed by atoms with Crippen molar-refractivity contribution in [3.05, 3.63) is 53.1 Å². The van der Waals surface area contributed by atoms with Gasteiger partial charge in [-0.3, -0.25) is 14.3 Å². The Balaban J connectivity index is 1.74. The number of piperidine rings is 1. The highest BCUT2D eigenvalue weighted by molar-refractivity contribution is 7.89. The van der Waals surface area contributed by atoms with Gasteiger partial charge >= 0.3 is 5.97 Å². The number of hydrogen-bond donors (Lipinski definition) is 1. The van der Waals surface area contributed by atoms with Crippen molar-refractivity contribution in [2.45, 2.75) is 25.5 Å². The molecule has 0 unspecified atom stereocenters. The highest BCUT2D eigenvalue weighted by Crippen LogP contribution is 2.30. The summed E-state index contributed by atoms with van der Waals surface area (Å²) in [6, 6.07) is 11.9. The number of hydrogen-bond acceptors (Lipinski definition) is 10. The van der Waals surface area contributed by atoms with E-state index in [0.717, 1.165) is 0 Å². The number of carbonyl (C=O) groups is 3. The predicted molar refractivity (Wildman–Crippen MR) is 141 cm³/mol. The minimum absolute atomic E-state index is 0.0819. The first-order chi connectivity index (χ1) is 18.5. The van der Waals surface area contributed by atoms with Gasteiger partial charge in [-0.15, -0.1) is 0 Å². The molecule has 0 bridgehead atoms. The second-order valence-electron chi connectivity index (χ2n) is 9.09. The van der Waals surface area contributed by atoms with Crippen molar-refractivity contribution in [1.29, 1.82) is 5.26 Å². The van der Waals surface area contributed by atoms with Crippen LogP contribution in [0.1, 0.15) is 41.3 Å². The molecule has 13 heteroatoms. The van der Waals surface area contributed by atoms with E-state index >= 15 is 0 Å². The third-order valence-corrected chi connectivity index (χ3v) is 7.26. The summed E-state index contributed by atoms with van der Waals surface area (Å²) in [7, 11) is -0.746. The zero-order valence-corrected chi connectivity index (χ0v) is 22.9. The van der Waals surface area contributed by atoms with E-state index in [1.807, 2.05) is 6.07 Å². The minimum Gasteiger partial charge on any atom is -0.467 e. The fraction of sp³-hybridized carbons (Fsp3) is 0.423. The van der Waals surface area contributed by atoms with Crippen LogP contribution < -0.4 is 14.4 Å².